The summed E-state index contributed by atoms with van der Waals surface area (Å²) in [5.41, 5.74) is 1.52. The van der Waals surface area contributed by atoms with Gasteiger partial charge in [-0.1, -0.05) is 0 Å². The van der Waals surface area contributed by atoms with Crippen LogP contribution in [-0.4, -0.2) is 25.9 Å². The van der Waals surface area contributed by atoms with E-state index in [1.807, 2.05) is 24.3 Å². The molecule has 0 aromatic heterocycles. The second kappa shape index (κ2) is 6.48. The summed E-state index contributed by atoms with van der Waals surface area (Å²) >= 11 is 0. The van der Waals surface area contributed by atoms with Crippen LogP contribution in [-0.2, 0) is 4.79 Å². The van der Waals surface area contributed by atoms with E-state index in [0.717, 1.165) is 11.4 Å². The Kier molecular flexibility index (Phi) is 4.23. The maximum atomic E-state index is 12.3. The maximum Gasteiger partial charge on any atom is 0.246 e. The number of amides is 1. The predicted octanol–water partition coefficient (Wildman–Crippen LogP) is 2.86. The minimum atomic E-state index is -0.395. The van der Waals surface area contributed by atoms with Gasteiger partial charge in [-0.2, -0.15) is 0 Å². The second-order valence-corrected chi connectivity index (χ2v) is 5.15. The number of carbonyl (C=O) groups excluding carboxylic acids is 1. The molecule has 0 radical (unpaired) electrons. The molecule has 6 heteroatoms. The molecule has 6 nitrogen and oxygen atoms in total. The van der Waals surface area contributed by atoms with Crippen molar-refractivity contribution < 1.29 is 19.0 Å². The Morgan fingerprint density at radius 1 is 1.09 bits per heavy atom. The van der Waals surface area contributed by atoms with Gasteiger partial charge in [-0.15, -0.1) is 0 Å². The van der Waals surface area contributed by atoms with E-state index in [0.29, 0.717) is 17.2 Å². The average molecular weight is 314 g/mol. The summed E-state index contributed by atoms with van der Waals surface area (Å²) in [4.78, 5) is 12.3. The SMILES string of the molecule is COc1ccc(N[C@@H](C)C(=O)Nc2ccc3c(c2)OCO3)cc1. The molecule has 0 fully saturated rings. The summed E-state index contributed by atoms with van der Waals surface area (Å²) in [5, 5.41) is 5.99. The van der Waals surface area contributed by atoms with Gasteiger partial charge in [0.15, 0.2) is 11.5 Å². The summed E-state index contributed by atoms with van der Waals surface area (Å²) in [6, 6.07) is 12.3. The zero-order valence-electron chi connectivity index (χ0n) is 13.0. The standard InChI is InChI=1S/C17H18N2O4/c1-11(18-12-3-6-14(21-2)7-4-12)17(20)19-13-5-8-15-16(9-13)23-10-22-15/h3-9,11,18H,10H2,1-2H3,(H,19,20)/t11-/m0/s1. The number of nitrogens with one attached hydrogen (secondary N) is 2. The molecule has 1 aliphatic rings. The zero-order valence-corrected chi connectivity index (χ0v) is 13.0. The van der Waals surface area contributed by atoms with Crippen LogP contribution in [0.25, 0.3) is 0 Å². The van der Waals surface area contributed by atoms with Crippen molar-refractivity contribution in [3.8, 4) is 17.2 Å². The smallest absolute Gasteiger partial charge is 0.246 e. The van der Waals surface area contributed by atoms with E-state index in [9.17, 15) is 4.79 Å². The molecule has 2 aromatic rings. The zero-order chi connectivity index (χ0) is 16.2. The van der Waals surface area contributed by atoms with E-state index < -0.39 is 6.04 Å². The van der Waals surface area contributed by atoms with Crippen molar-refractivity contribution in [2.45, 2.75) is 13.0 Å². The summed E-state index contributed by atoms with van der Waals surface area (Å²) in [6.07, 6.45) is 0. The highest BCUT2D eigenvalue weighted by atomic mass is 16.7. The van der Waals surface area contributed by atoms with Crippen LogP contribution >= 0.6 is 0 Å². The molecule has 23 heavy (non-hydrogen) atoms. The lowest BCUT2D eigenvalue weighted by molar-refractivity contribution is -0.116. The topological polar surface area (TPSA) is 68.8 Å². The van der Waals surface area contributed by atoms with Gasteiger partial charge in [0, 0.05) is 17.4 Å². The molecule has 1 heterocycles. The Bertz CT molecular complexity index is 700. The molecule has 0 aliphatic carbocycles. The first-order valence-electron chi connectivity index (χ1n) is 7.27. The highest BCUT2D eigenvalue weighted by molar-refractivity contribution is 5.96. The molecule has 1 amide bonds. The molecular weight excluding hydrogens is 296 g/mol. The number of anilines is 2. The predicted molar refractivity (Wildman–Crippen MR) is 87.3 cm³/mol. The quantitative estimate of drug-likeness (QED) is 0.888. The van der Waals surface area contributed by atoms with Crippen LogP contribution in [0.4, 0.5) is 11.4 Å². The fourth-order valence-electron chi connectivity index (χ4n) is 2.23. The third-order valence-electron chi connectivity index (χ3n) is 3.51. The Morgan fingerprint density at radius 2 is 1.78 bits per heavy atom. The fourth-order valence-corrected chi connectivity index (χ4v) is 2.23. The summed E-state index contributed by atoms with van der Waals surface area (Å²) in [7, 11) is 1.61. The Balaban J connectivity index is 1.60. The number of carbonyl (C=O) groups is 1. The van der Waals surface area contributed by atoms with E-state index in [2.05, 4.69) is 10.6 Å². The van der Waals surface area contributed by atoms with Crippen molar-refractivity contribution in [1.29, 1.82) is 0 Å². The monoisotopic (exact) mass is 314 g/mol. The number of ether oxygens (including phenoxy) is 3. The number of methoxy groups -OCH3 is 1. The lowest BCUT2D eigenvalue weighted by Gasteiger charge is -2.15. The Hall–Kier alpha value is -2.89. The van der Waals surface area contributed by atoms with Gasteiger partial charge in [0.1, 0.15) is 11.8 Å². The molecule has 2 aromatic carbocycles. The van der Waals surface area contributed by atoms with Gasteiger partial charge in [-0.3, -0.25) is 4.79 Å². The summed E-state index contributed by atoms with van der Waals surface area (Å²) in [6.45, 7) is 2.01. The van der Waals surface area contributed by atoms with Gasteiger partial charge in [0.05, 0.1) is 7.11 Å². The highest BCUT2D eigenvalue weighted by Gasteiger charge is 2.16. The molecule has 0 unspecified atom stereocenters. The van der Waals surface area contributed by atoms with Crippen molar-refractivity contribution in [2.24, 2.45) is 0 Å². The van der Waals surface area contributed by atoms with E-state index >= 15 is 0 Å². The van der Waals surface area contributed by atoms with Crippen LogP contribution in [0, 0.1) is 0 Å². The molecule has 120 valence electrons. The number of hydrogen-bond acceptors (Lipinski definition) is 5. The maximum absolute atomic E-state index is 12.3. The lowest BCUT2D eigenvalue weighted by atomic mass is 10.2. The largest absolute Gasteiger partial charge is 0.497 e. The molecular formula is C17H18N2O4. The van der Waals surface area contributed by atoms with Crippen molar-refractivity contribution in [1.82, 2.24) is 0 Å². The number of rotatable bonds is 5. The second-order valence-electron chi connectivity index (χ2n) is 5.15. The minimum Gasteiger partial charge on any atom is -0.497 e. The number of hydrogen-bond donors (Lipinski definition) is 2. The number of benzene rings is 2. The van der Waals surface area contributed by atoms with E-state index in [4.69, 9.17) is 14.2 Å². The van der Waals surface area contributed by atoms with Crippen LogP contribution < -0.4 is 24.8 Å². The molecule has 1 atom stereocenters. The van der Waals surface area contributed by atoms with Gasteiger partial charge in [-0.25, -0.2) is 0 Å². The normalized spacial score (nSPS) is 13.3. The van der Waals surface area contributed by atoms with Crippen LogP contribution in [0.2, 0.25) is 0 Å². The van der Waals surface area contributed by atoms with Gasteiger partial charge >= 0.3 is 0 Å². The third-order valence-corrected chi connectivity index (χ3v) is 3.51. The minimum absolute atomic E-state index is 0.139. The van der Waals surface area contributed by atoms with Crippen LogP contribution in [0.15, 0.2) is 42.5 Å². The summed E-state index contributed by atoms with van der Waals surface area (Å²) < 4.78 is 15.7. The molecule has 3 rings (SSSR count). The molecule has 0 saturated carbocycles. The van der Waals surface area contributed by atoms with Crippen molar-refractivity contribution in [2.75, 3.05) is 24.5 Å². The van der Waals surface area contributed by atoms with E-state index in [-0.39, 0.29) is 12.7 Å². The van der Waals surface area contributed by atoms with Crippen molar-refractivity contribution in [3.63, 3.8) is 0 Å². The Morgan fingerprint density at radius 3 is 2.52 bits per heavy atom. The van der Waals surface area contributed by atoms with Crippen LogP contribution in [0.1, 0.15) is 6.92 Å². The third kappa shape index (κ3) is 3.48. The van der Waals surface area contributed by atoms with Gasteiger partial charge in [0.25, 0.3) is 0 Å². The highest BCUT2D eigenvalue weighted by Crippen LogP contribution is 2.34. The Labute approximate surface area is 134 Å². The average Bonchev–Trinajstić information content (AvgIpc) is 3.03. The van der Waals surface area contributed by atoms with E-state index in [1.54, 1.807) is 32.2 Å². The van der Waals surface area contributed by atoms with Crippen LogP contribution in [0.3, 0.4) is 0 Å². The summed E-state index contributed by atoms with van der Waals surface area (Å²) in [5.74, 6) is 1.96. The van der Waals surface area contributed by atoms with E-state index in [1.165, 1.54) is 0 Å². The van der Waals surface area contributed by atoms with Crippen LogP contribution in [0.5, 0.6) is 17.2 Å². The van der Waals surface area contributed by atoms with Crippen molar-refractivity contribution >= 4 is 17.3 Å². The first-order valence-corrected chi connectivity index (χ1v) is 7.27. The first-order chi connectivity index (χ1) is 11.2. The molecule has 0 bridgehead atoms. The first kappa shape index (κ1) is 15.0. The molecule has 0 spiro atoms. The van der Waals surface area contributed by atoms with Gasteiger partial charge in [0.2, 0.25) is 12.7 Å². The van der Waals surface area contributed by atoms with Crippen molar-refractivity contribution in [3.05, 3.63) is 42.5 Å². The molecule has 0 saturated heterocycles. The molecule has 1 aliphatic heterocycles. The van der Waals surface area contributed by atoms with Gasteiger partial charge in [-0.05, 0) is 43.3 Å². The molecule has 2 N–H and O–H groups in total. The number of fused-ring (bicyclic) bond motifs is 1. The lowest BCUT2D eigenvalue weighted by Crippen LogP contribution is -2.31. The van der Waals surface area contributed by atoms with Gasteiger partial charge < -0.3 is 24.8 Å². The fraction of sp³-hybridized carbons (Fsp3) is 0.235.